The maximum atomic E-state index is 12.4. The fraction of sp³-hybridized carbons (Fsp3) is 0.0976. The van der Waals surface area contributed by atoms with Gasteiger partial charge in [0.05, 0.1) is 0 Å². The molecule has 5 heteroatoms. The lowest BCUT2D eigenvalue weighted by atomic mass is 10.0. The molecule has 46 heavy (non-hydrogen) atoms. The lowest BCUT2D eigenvalue weighted by Gasteiger charge is -2.09. The number of hydrogen-bond donors (Lipinski definition) is 0. The van der Waals surface area contributed by atoms with Gasteiger partial charge in [-0.15, -0.1) is 0 Å². The standard InChI is InChI=1S/C41H34O5/c42-41(45-39-23-15-33(16-24-39)27-31-11-19-37(20-12-31)43-29-35-7-3-1-4-8-35)46-40-25-17-34(18-26-40)28-32-13-21-38(22-14-32)44-30-36-9-5-2-6-10-36/h1-26H,27-30H2. The summed E-state index contributed by atoms with van der Waals surface area (Å²) in [6.07, 6.45) is 0.724. The summed E-state index contributed by atoms with van der Waals surface area (Å²) in [7, 11) is 0. The number of hydrogen-bond acceptors (Lipinski definition) is 5. The summed E-state index contributed by atoms with van der Waals surface area (Å²) in [4.78, 5) is 12.4. The largest absolute Gasteiger partial charge is 0.519 e. The van der Waals surface area contributed by atoms with Crippen molar-refractivity contribution in [3.8, 4) is 23.0 Å². The predicted molar refractivity (Wildman–Crippen MR) is 180 cm³/mol. The second-order valence-electron chi connectivity index (χ2n) is 10.9. The zero-order valence-corrected chi connectivity index (χ0v) is 25.4. The smallest absolute Gasteiger partial charge is 0.489 e. The second kappa shape index (κ2) is 15.3. The van der Waals surface area contributed by atoms with Crippen molar-refractivity contribution in [1.82, 2.24) is 0 Å². The van der Waals surface area contributed by atoms with Crippen LogP contribution in [0.4, 0.5) is 4.79 Å². The molecule has 0 N–H and O–H groups in total. The van der Waals surface area contributed by atoms with Crippen LogP contribution >= 0.6 is 0 Å². The fourth-order valence-corrected chi connectivity index (χ4v) is 4.92. The highest BCUT2D eigenvalue weighted by Gasteiger charge is 2.09. The van der Waals surface area contributed by atoms with Crippen LogP contribution in [-0.4, -0.2) is 6.16 Å². The lowest BCUT2D eigenvalue weighted by molar-refractivity contribution is 0.152. The molecule has 0 aliphatic rings. The Balaban J connectivity index is 0.931. The molecule has 0 atom stereocenters. The van der Waals surface area contributed by atoms with Gasteiger partial charge in [-0.2, -0.15) is 0 Å². The molecule has 0 saturated carbocycles. The fourth-order valence-electron chi connectivity index (χ4n) is 4.92. The van der Waals surface area contributed by atoms with E-state index in [0.717, 1.165) is 57.7 Å². The normalized spacial score (nSPS) is 10.6. The second-order valence-corrected chi connectivity index (χ2v) is 10.9. The van der Waals surface area contributed by atoms with Gasteiger partial charge in [-0.3, -0.25) is 0 Å². The molecule has 6 rings (SSSR count). The zero-order valence-electron chi connectivity index (χ0n) is 25.4. The summed E-state index contributed by atoms with van der Waals surface area (Å²) in [5.41, 5.74) is 6.79. The Morgan fingerprint density at radius 2 is 0.652 bits per heavy atom. The van der Waals surface area contributed by atoms with E-state index in [-0.39, 0.29) is 0 Å². The van der Waals surface area contributed by atoms with Gasteiger partial charge >= 0.3 is 6.16 Å². The van der Waals surface area contributed by atoms with E-state index in [1.807, 2.05) is 109 Å². The SMILES string of the molecule is O=C(Oc1ccc(Cc2ccc(OCc3ccccc3)cc2)cc1)Oc1ccc(Cc2ccc(OCc3ccccc3)cc2)cc1. The van der Waals surface area contributed by atoms with E-state index >= 15 is 0 Å². The van der Waals surface area contributed by atoms with E-state index in [1.165, 1.54) is 0 Å². The van der Waals surface area contributed by atoms with Gasteiger partial charge in [-0.05, 0) is 94.8 Å². The van der Waals surface area contributed by atoms with Crippen LogP contribution in [-0.2, 0) is 26.1 Å². The molecule has 0 amide bonds. The van der Waals surface area contributed by atoms with Gasteiger partial charge in [0.25, 0.3) is 0 Å². The molecule has 0 saturated heterocycles. The Bertz CT molecular complexity index is 1660. The highest BCUT2D eigenvalue weighted by atomic mass is 16.7. The predicted octanol–water partition coefficient (Wildman–Crippen LogP) is 9.60. The van der Waals surface area contributed by atoms with Crippen molar-refractivity contribution >= 4 is 6.16 Å². The van der Waals surface area contributed by atoms with Gasteiger partial charge in [0.2, 0.25) is 0 Å². The van der Waals surface area contributed by atoms with Gasteiger partial charge < -0.3 is 18.9 Å². The molecule has 0 unspecified atom stereocenters. The molecule has 0 bridgehead atoms. The summed E-state index contributed by atoms with van der Waals surface area (Å²) < 4.78 is 22.6. The third-order valence-electron chi connectivity index (χ3n) is 7.41. The third kappa shape index (κ3) is 9.10. The molecule has 0 aliphatic heterocycles. The molecule has 5 nitrogen and oxygen atoms in total. The Labute approximate surface area is 269 Å². The van der Waals surface area contributed by atoms with Crippen LogP contribution in [0.5, 0.6) is 23.0 Å². The maximum Gasteiger partial charge on any atom is 0.519 e. The minimum absolute atomic E-state index is 0.422. The number of rotatable bonds is 12. The van der Waals surface area contributed by atoms with Crippen molar-refractivity contribution in [2.75, 3.05) is 0 Å². The van der Waals surface area contributed by atoms with Crippen molar-refractivity contribution in [3.05, 3.63) is 191 Å². The molecule has 0 aliphatic carbocycles. The Kier molecular flexibility index (Phi) is 10.0. The molecule has 228 valence electrons. The van der Waals surface area contributed by atoms with E-state index < -0.39 is 6.16 Å². The van der Waals surface area contributed by atoms with Gasteiger partial charge in [-0.25, -0.2) is 4.79 Å². The summed E-state index contributed by atoms with van der Waals surface area (Å²) in [6, 6.07) is 51.3. The molecule has 0 aromatic heterocycles. The average molecular weight is 607 g/mol. The Hall–Kier alpha value is -5.81. The Morgan fingerprint density at radius 1 is 0.348 bits per heavy atom. The van der Waals surface area contributed by atoms with E-state index in [9.17, 15) is 4.79 Å². The molecule has 0 spiro atoms. The maximum absolute atomic E-state index is 12.4. The quantitative estimate of drug-likeness (QED) is 0.103. The minimum Gasteiger partial charge on any atom is -0.489 e. The number of benzene rings is 6. The molecule has 6 aromatic carbocycles. The first-order valence-corrected chi connectivity index (χ1v) is 15.2. The highest BCUT2D eigenvalue weighted by Crippen LogP contribution is 2.21. The molecule has 0 heterocycles. The van der Waals surface area contributed by atoms with E-state index in [0.29, 0.717) is 24.7 Å². The number of carbonyl (C=O) groups is 1. The zero-order chi connectivity index (χ0) is 31.4. The van der Waals surface area contributed by atoms with Crippen LogP contribution in [0.2, 0.25) is 0 Å². The van der Waals surface area contributed by atoms with Crippen molar-refractivity contribution in [2.24, 2.45) is 0 Å². The first-order valence-electron chi connectivity index (χ1n) is 15.2. The van der Waals surface area contributed by atoms with Crippen molar-refractivity contribution in [1.29, 1.82) is 0 Å². The number of ether oxygens (including phenoxy) is 4. The van der Waals surface area contributed by atoms with Crippen LogP contribution in [0.15, 0.2) is 158 Å². The third-order valence-corrected chi connectivity index (χ3v) is 7.41. The topological polar surface area (TPSA) is 54.0 Å². The van der Waals surface area contributed by atoms with E-state index in [4.69, 9.17) is 18.9 Å². The lowest BCUT2D eigenvalue weighted by Crippen LogP contribution is -2.13. The van der Waals surface area contributed by atoms with Crippen molar-refractivity contribution in [2.45, 2.75) is 26.1 Å². The van der Waals surface area contributed by atoms with Crippen LogP contribution < -0.4 is 18.9 Å². The van der Waals surface area contributed by atoms with Gasteiger partial charge in [0.1, 0.15) is 36.2 Å². The summed E-state index contributed by atoms with van der Waals surface area (Å²) >= 11 is 0. The van der Waals surface area contributed by atoms with Crippen LogP contribution in [0.25, 0.3) is 0 Å². The van der Waals surface area contributed by atoms with Crippen LogP contribution in [0.1, 0.15) is 33.4 Å². The Morgan fingerprint density at radius 3 is 0.978 bits per heavy atom. The first-order chi connectivity index (χ1) is 22.6. The highest BCUT2D eigenvalue weighted by molar-refractivity contribution is 5.67. The molecule has 0 radical (unpaired) electrons. The first kappa shape index (κ1) is 30.2. The monoisotopic (exact) mass is 606 g/mol. The van der Waals surface area contributed by atoms with Crippen molar-refractivity contribution < 1.29 is 23.7 Å². The summed E-state index contributed by atoms with van der Waals surface area (Å²) in [5.74, 6) is 2.51. The van der Waals surface area contributed by atoms with E-state index in [2.05, 4.69) is 24.3 Å². The van der Waals surface area contributed by atoms with Gasteiger partial charge in [-0.1, -0.05) is 109 Å². The average Bonchev–Trinajstić information content (AvgIpc) is 3.10. The molecular formula is C41H34O5. The molecule has 0 fully saturated rings. The van der Waals surface area contributed by atoms with Crippen LogP contribution in [0.3, 0.4) is 0 Å². The van der Waals surface area contributed by atoms with Crippen molar-refractivity contribution in [3.63, 3.8) is 0 Å². The molecular weight excluding hydrogens is 572 g/mol. The van der Waals surface area contributed by atoms with Gasteiger partial charge in [0, 0.05) is 0 Å². The summed E-state index contributed by atoms with van der Waals surface area (Å²) in [6.45, 7) is 1.08. The molecule has 6 aromatic rings. The summed E-state index contributed by atoms with van der Waals surface area (Å²) in [5, 5.41) is 0. The van der Waals surface area contributed by atoms with Gasteiger partial charge in [0.15, 0.2) is 0 Å². The minimum atomic E-state index is -0.780. The van der Waals surface area contributed by atoms with E-state index in [1.54, 1.807) is 24.3 Å². The van der Waals surface area contributed by atoms with Crippen LogP contribution in [0, 0.1) is 0 Å². The number of carbonyl (C=O) groups excluding carboxylic acids is 1.